The average Bonchev–Trinajstić information content (AvgIpc) is 2.56. The SMILES string of the molecule is CN(c1ccccc1CCNC(=S)Nc1ncccc1Cl)C(F)F. The zero-order valence-corrected chi connectivity index (χ0v) is 14.5. The van der Waals surface area contributed by atoms with Gasteiger partial charge in [0.2, 0.25) is 0 Å². The molecule has 1 aromatic carbocycles. The topological polar surface area (TPSA) is 40.2 Å². The number of thiocarbonyl (C=S) groups is 1. The molecule has 0 spiro atoms. The van der Waals surface area contributed by atoms with Crippen molar-refractivity contribution in [1.82, 2.24) is 10.3 Å². The molecule has 2 aromatic rings. The molecule has 0 aliphatic carbocycles. The van der Waals surface area contributed by atoms with Gasteiger partial charge in [0.15, 0.2) is 10.9 Å². The van der Waals surface area contributed by atoms with Crippen LogP contribution in [0.3, 0.4) is 0 Å². The van der Waals surface area contributed by atoms with E-state index in [4.69, 9.17) is 23.8 Å². The second kappa shape index (κ2) is 8.75. The van der Waals surface area contributed by atoms with Gasteiger partial charge in [0, 0.05) is 25.5 Å². The number of nitrogens with one attached hydrogen (secondary N) is 2. The fraction of sp³-hybridized carbons (Fsp3) is 0.250. The van der Waals surface area contributed by atoms with Gasteiger partial charge in [0.1, 0.15) is 0 Å². The number of halogens is 3. The Morgan fingerprint density at radius 1 is 1.29 bits per heavy atom. The predicted octanol–water partition coefficient (Wildman–Crippen LogP) is 3.92. The second-order valence-electron chi connectivity index (χ2n) is 4.98. The van der Waals surface area contributed by atoms with Gasteiger partial charge in [-0.3, -0.25) is 0 Å². The lowest BCUT2D eigenvalue weighted by Gasteiger charge is -2.21. The first-order valence-corrected chi connectivity index (χ1v) is 8.02. The number of benzene rings is 1. The number of alkyl halides is 2. The first-order valence-electron chi connectivity index (χ1n) is 7.23. The monoisotopic (exact) mass is 370 g/mol. The van der Waals surface area contributed by atoms with Gasteiger partial charge < -0.3 is 15.5 Å². The van der Waals surface area contributed by atoms with Gasteiger partial charge >= 0.3 is 6.55 Å². The van der Waals surface area contributed by atoms with Crippen LogP contribution in [0.5, 0.6) is 0 Å². The molecule has 0 atom stereocenters. The number of rotatable bonds is 6. The molecule has 0 saturated carbocycles. The van der Waals surface area contributed by atoms with Gasteiger partial charge in [-0.1, -0.05) is 29.8 Å². The summed E-state index contributed by atoms with van der Waals surface area (Å²) in [6, 6.07) is 10.5. The number of para-hydroxylation sites is 1. The van der Waals surface area contributed by atoms with Crippen molar-refractivity contribution in [3.05, 3.63) is 53.2 Å². The minimum Gasteiger partial charge on any atom is -0.362 e. The van der Waals surface area contributed by atoms with Gasteiger partial charge in [-0.25, -0.2) is 4.98 Å². The zero-order valence-electron chi connectivity index (χ0n) is 13.0. The van der Waals surface area contributed by atoms with Crippen LogP contribution in [0.2, 0.25) is 5.02 Å². The third kappa shape index (κ3) is 5.01. The Balaban J connectivity index is 1.90. The number of aromatic nitrogens is 1. The Labute approximate surface area is 149 Å². The van der Waals surface area contributed by atoms with Crippen LogP contribution in [0.1, 0.15) is 5.56 Å². The number of anilines is 2. The standard InChI is InChI=1S/C16H17ClF2N4S/c1-23(15(18)19)13-7-3-2-5-11(13)8-10-21-16(24)22-14-12(17)6-4-9-20-14/h2-7,9,15H,8,10H2,1H3,(H2,20,21,22,24). The number of pyridine rings is 1. The van der Waals surface area contributed by atoms with Crippen LogP contribution in [0, 0.1) is 0 Å². The summed E-state index contributed by atoms with van der Waals surface area (Å²) in [5.41, 5.74) is 1.31. The van der Waals surface area contributed by atoms with Gasteiger partial charge in [0.25, 0.3) is 0 Å². The highest BCUT2D eigenvalue weighted by Crippen LogP contribution is 2.22. The van der Waals surface area contributed by atoms with E-state index in [0.29, 0.717) is 34.6 Å². The van der Waals surface area contributed by atoms with Crippen LogP contribution in [-0.4, -0.2) is 30.2 Å². The minimum absolute atomic E-state index is 0.371. The summed E-state index contributed by atoms with van der Waals surface area (Å²) in [6.07, 6.45) is 2.15. The highest BCUT2D eigenvalue weighted by molar-refractivity contribution is 7.80. The van der Waals surface area contributed by atoms with Gasteiger partial charge in [0.05, 0.1) is 5.02 Å². The highest BCUT2D eigenvalue weighted by Gasteiger charge is 2.14. The third-order valence-electron chi connectivity index (χ3n) is 3.33. The molecule has 0 radical (unpaired) electrons. The lowest BCUT2D eigenvalue weighted by molar-refractivity contribution is 0.149. The maximum atomic E-state index is 12.9. The summed E-state index contributed by atoms with van der Waals surface area (Å²) in [5, 5.41) is 6.75. The molecule has 4 nitrogen and oxygen atoms in total. The molecular formula is C16H17ClF2N4S. The summed E-state index contributed by atoms with van der Waals surface area (Å²) in [7, 11) is 1.37. The van der Waals surface area contributed by atoms with Crippen LogP contribution >= 0.6 is 23.8 Å². The largest absolute Gasteiger partial charge is 0.362 e. The predicted molar refractivity (Wildman–Crippen MR) is 98.0 cm³/mol. The summed E-state index contributed by atoms with van der Waals surface area (Å²) in [5.74, 6) is 0.467. The van der Waals surface area contributed by atoms with Crippen molar-refractivity contribution in [3.8, 4) is 0 Å². The molecule has 0 aliphatic heterocycles. The van der Waals surface area contributed by atoms with E-state index < -0.39 is 6.55 Å². The third-order valence-corrected chi connectivity index (χ3v) is 3.89. The first kappa shape index (κ1) is 18.4. The van der Waals surface area contributed by atoms with Gasteiger partial charge in [-0.2, -0.15) is 8.78 Å². The van der Waals surface area contributed by atoms with Crippen molar-refractivity contribution in [2.75, 3.05) is 23.8 Å². The van der Waals surface area contributed by atoms with Crippen molar-refractivity contribution < 1.29 is 8.78 Å². The quantitative estimate of drug-likeness (QED) is 0.595. The van der Waals surface area contributed by atoms with Crippen LogP contribution < -0.4 is 15.5 Å². The molecule has 8 heteroatoms. The second-order valence-corrected chi connectivity index (χ2v) is 5.80. The fourth-order valence-corrected chi connectivity index (χ4v) is 2.48. The smallest absolute Gasteiger partial charge is 0.315 e. The summed E-state index contributed by atoms with van der Waals surface area (Å²) < 4.78 is 25.8. The molecule has 0 aliphatic rings. The van der Waals surface area contributed by atoms with E-state index in [1.165, 1.54) is 7.05 Å². The Morgan fingerprint density at radius 3 is 2.75 bits per heavy atom. The van der Waals surface area contributed by atoms with Crippen LogP contribution in [0.4, 0.5) is 20.3 Å². The maximum Gasteiger partial charge on any atom is 0.315 e. The molecule has 2 N–H and O–H groups in total. The minimum atomic E-state index is -2.55. The van der Waals surface area contributed by atoms with Crippen molar-refractivity contribution in [1.29, 1.82) is 0 Å². The number of hydrogen-bond donors (Lipinski definition) is 2. The Hall–Kier alpha value is -1.99. The Morgan fingerprint density at radius 2 is 2.04 bits per heavy atom. The maximum absolute atomic E-state index is 12.9. The number of nitrogens with zero attached hydrogens (tertiary/aromatic N) is 2. The molecule has 0 bridgehead atoms. The lowest BCUT2D eigenvalue weighted by atomic mass is 10.1. The lowest BCUT2D eigenvalue weighted by Crippen LogP contribution is -2.31. The molecule has 0 saturated heterocycles. The van der Waals surface area contributed by atoms with E-state index in [1.54, 1.807) is 30.5 Å². The van der Waals surface area contributed by atoms with E-state index in [0.717, 1.165) is 10.5 Å². The molecule has 128 valence electrons. The van der Waals surface area contributed by atoms with Crippen LogP contribution in [0.15, 0.2) is 42.6 Å². The average molecular weight is 371 g/mol. The summed E-state index contributed by atoms with van der Waals surface area (Å²) in [4.78, 5) is 5.02. The molecule has 0 unspecified atom stereocenters. The van der Waals surface area contributed by atoms with Crippen LogP contribution in [-0.2, 0) is 6.42 Å². The highest BCUT2D eigenvalue weighted by atomic mass is 35.5. The van der Waals surface area contributed by atoms with E-state index in [-0.39, 0.29) is 0 Å². The van der Waals surface area contributed by atoms with E-state index in [1.807, 2.05) is 12.1 Å². The van der Waals surface area contributed by atoms with Crippen molar-refractivity contribution in [3.63, 3.8) is 0 Å². The van der Waals surface area contributed by atoms with Gasteiger partial charge in [-0.05, 0) is 42.4 Å². The fourth-order valence-electron chi connectivity index (χ4n) is 2.11. The van der Waals surface area contributed by atoms with Crippen molar-refractivity contribution in [2.24, 2.45) is 0 Å². The molecule has 0 amide bonds. The summed E-state index contributed by atoms with van der Waals surface area (Å²) in [6.45, 7) is -2.06. The molecule has 0 fully saturated rings. The summed E-state index contributed by atoms with van der Waals surface area (Å²) >= 11 is 11.2. The van der Waals surface area contributed by atoms with E-state index >= 15 is 0 Å². The first-order chi connectivity index (χ1) is 11.5. The van der Waals surface area contributed by atoms with E-state index in [2.05, 4.69) is 15.6 Å². The number of hydrogen-bond acceptors (Lipinski definition) is 3. The van der Waals surface area contributed by atoms with Gasteiger partial charge in [-0.15, -0.1) is 0 Å². The molecule has 1 heterocycles. The van der Waals surface area contributed by atoms with E-state index in [9.17, 15) is 8.78 Å². The molecule has 1 aromatic heterocycles. The molecular weight excluding hydrogens is 354 g/mol. The Bertz CT molecular complexity index is 699. The van der Waals surface area contributed by atoms with Crippen molar-refractivity contribution >= 4 is 40.4 Å². The molecule has 24 heavy (non-hydrogen) atoms. The van der Waals surface area contributed by atoms with Crippen molar-refractivity contribution in [2.45, 2.75) is 13.0 Å². The zero-order chi connectivity index (χ0) is 17.5. The Kier molecular flexibility index (Phi) is 6.69. The molecule has 2 rings (SSSR count). The normalized spacial score (nSPS) is 10.5. The van der Waals surface area contributed by atoms with Crippen LogP contribution in [0.25, 0.3) is 0 Å².